The number of nitrogens with zero attached hydrogens (tertiary/aromatic N) is 1. The largest absolute Gasteiger partial charge is 0.374 e. The summed E-state index contributed by atoms with van der Waals surface area (Å²) in [7, 11) is -2.31. The van der Waals surface area contributed by atoms with Crippen LogP contribution in [0, 0.1) is 5.82 Å². The van der Waals surface area contributed by atoms with Crippen molar-refractivity contribution < 1.29 is 17.5 Å². The van der Waals surface area contributed by atoms with Crippen LogP contribution < -0.4 is 9.62 Å². The van der Waals surface area contributed by atoms with Crippen LogP contribution in [0.15, 0.2) is 23.1 Å². The molecule has 0 spiro atoms. The fraction of sp³-hybridized carbons (Fsp3) is 0.600. The van der Waals surface area contributed by atoms with Crippen LogP contribution in [0.25, 0.3) is 0 Å². The molecule has 1 heterocycles. The highest BCUT2D eigenvalue weighted by Gasteiger charge is 2.35. The van der Waals surface area contributed by atoms with Gasteiger partial charge < -0.3 is 9.64 Å². The third kappa shape index (κ3) is 2.85. The number of morpholine rings is 1. The van der Waals surface area contributed by atoms with Gasteiger partial charge in [0.15, 0.2) is 0 Å². The van der Waals surface area contributed by atoms with Gasteiger partial charge in [0.25, 0.3) is 0 Å². The Morgan fingerprint density at radius 1 is 1.32 bits per heavy atom. The van der Waals surface area contributed by atoms with E-state index in [1.54, 1.807) is 6.07 Å². The lowest BCUT2D eigenvalue weighted by Gasteiger charge is -2.45. The molecule has 0 aromatic heterocycles. The minimum Gasteiger partial charge on any atom is -0.374 e. The molecule has 2 unspecified atom stereocenters. The van der Waals surface area contributed by atoms with E-state index in [0.717, 1.165) is 31.7 Å². The van der Waals surface area contributed by atoms with E-state index in [0.29, 0.717) is 18.8 Å². The summed E-state index contributed by atoms with van der Waals surface area (Å²) in [5.41, 5.74) is 0.468. The molecule has 5 nitrogen and oxygen atoms in total. The third-order valence-corrected chi connectivity index (χ3v) is 5.95. The number of hydrogen-bond donors (Lipinski definition) is 1. The van der Waals surface area contributed by atoms with Crippen LogP contribution in [0.4, 0.5) is 10.1 Å². The molecular formula is C15H21FN2O3S. The molecule has 7 heteroatoms. The number of sulfonamides is 1. The van der Waals surface area contributed by atoms with Gasteiger partial charge in [-0.2, -0.15) is 0 Å². The van der Waals surface area contributed by atoms with Crippen LogP contribution in [0.2, 0.25) is 0 Å². The van der Waals surface area contributed by atoms with E-state index in [2.05, 4.69) is 4.72 Å². The number of benzene rings is 1. The normalized spacial score (nSPS) is 25.8. The van der Waals surface area contributed by atoms with Crippen molar-refractivity contribution in [3.63, 3.8) is 0 Å². The summed E-state index contributed by atoms with van der Waals surface area (Å²) in [6, 6.07) is 4.30. The molecule has 1 saturated heterocycles. The molecule has 1 N–H and O–H groups in total. The number of anilines is 1. The fourth-order valence-electron chi connectivity index (χ4n) is 3.40. The van der Waals surface area contributed by atoms with Gasteiger partial charge in [-0.1, -0.05) is 12.8 Å². The molecule has 1 saturated carbocycles. The molecule has 0 bridgehead atoms. The van der Waals surface area contributed by atoms with Gasteiger partial charge >= 0.3 is 0 Å². The first kappa shape index (κ1) is 15.7. The molecule has 122 valence electrons. The Kier molecular flexibility index (Phi) is 4.38. The quantitative estimate of drug-likeness (QED) is 0.920. The number of ether oxygens (including phenoxy) is 1. The molecule has 1 aliphatic carbocycles. The van der Waals surface area contributed by atoms with Gasteiger partial charge in [0.05, 0.1) is 29.3 Å². The second-order valence-electron chi connectivity index (χ2n) is 5.78. The number of hydrogen-bond acceptors (Lipinski definition) is 4. The van der Waals surface area contributed by atoms with Crippen LogP contribution >= 0.6 is 0 Å². The van der Waals surface area contributed by atoms with Gasteiger partial charge in [0.1, 0.15) is 5.82 Å². The third-order valence-electron chi connectivity index (χ3n) is 4.54. The second kappa shape index (κ2) is 6.14. The first-order valence-electron chi connectivity index (χ1n) is 7.64. The smallest absolute Gasteiger partial charge is 0.240 e. The minimum atomic E-state index is -3.62. The standard InChI is InChI=1S/C15H21FN2O3S/c1-17-22(19,20)11-6-7-13(12(16)10-11)18-8-9-21-15-5-3-2-4-14(15)18/h6-7,10,14-15,17H,2-5,8-9H2,1H3. The molecule has 22 heavy (non-hydrogen) atoms. The summed E-state index contributed by atoms with van der Waals surface area (Å²) in [5, 5.41) is 0. The van der Waals surface area contributed by atoms with E-state index in [4.69, 9.17) is 4.74 Å². The Morgan fingerprint density at radius 2 is 2.09 bits per heavy atom. The molecular weight excluding hydrogens is 307 g/mol. The summed E-state index contributed by atoms with van der Waals surface area (Å²) in [6.45, 7) is 1.22. The number of nitrogens with one attached hydrogen (secondary N) is 1. The second-order valence-corrected chi connectivity index (χ2v) is 7.66. The average Bonchev–Trinajstić information content (AvgIpc) is 2.54. The van der Waals surface area contributed by atoms with Crippen molar-refractivity contribution in [3.05, 3.63) is 24.0 Å². The average molecular weight is 328 g/mol. The summed E-state index contributed by atoms with van der Waals surface area (Å²) >= 11 is 0. The fourth-order valence-corrected chi connectivity index (χ4v) is 4.14. The number of fused-ring (bicyclic) bond motifs is 1. The van der Waals surface area contributed by atoms with Gasteiger partial charge in [-0.3, -0.25) is 0 Å². The van der Waals surface area contributed by atoms with Crippen LogP contribution in [0.1, 0.15) is 25.7 Å². The van der Waals surface area contributed by atoms with E-state index < -0.39 is 15.8 Å². The predicted octanol–water partition coefficient (Wildman–Crippen LogP) is 1.88. The maximum Gasteiger partial charge on any atom is 0.240 e. The first-order valence-corrected chi connectivity index (χ1v) is 9.12. The van der Waals surface area contributed by atoms with Crippen LogP contribution in [0.5, 0.6) is 0 Å². The van der Waals surface area contributed by atoms with Crippen molar-refractivity contribution in [3.8, 4) is 0 Å². The monoisotopic (exact) mass is 328 g/mol. The van der Waals surface area contributed by atoms with Crippen molar-refractivity contribution >= 4 is 15.7 Å². The van der Waals surface area contributed by atoms with Crippen molar-refractivity contribution in [1.29, 1.82) is 0 Å². The Bertz CT molecular complexity index is 648. The van der Waals surface area contributed by atoms with E-state index in [1.807, 2.05) is 4.90 Å². The molecule has 2 atom stereocenters. The highest BCUT2D eigenvalue weighted by Crippen LogP contribution is 2.33. The molecule has 1 aromatic rings. The Labute approximate surface area is 130 Å². The minimum absolute atomic E-state index is 0.0512. The van der Waals surface area contributed by atoms with Gasteiger partial charge in [0.2, 0.25) is 10.0 Å². The Hall–Kier alpha value is -1.18. The van der Waals surface area contributed by atoms with E-state index >= 15 is 0 Å². The lowest BCUT2D eigenvalue weighted by Crippen LogP contribution is -2.53. The van der Waals surface area contributed by atoms with Gasteiger partial charge in [-0.05, 0) is 38.1 Å². The summed E-state index contributed by atoms with van der Waals surface area (Å²) in [5.74, 6) is -0.498. The van der Waals surface area contributed by atoms with E-state index in [1.165, 1.54) is 13.1 Å². The molecule has 0 amide bonds. The zero-order valence-electron chi connectivity index (χ0n) is 12.6. The van der Waals surface area contributed by atoms with Crippen molar-refractivity contribution in [2.75, 3.05) is 25.1 Å². The number of rotatable bonds is 3. The molecule has 0 radical (unpaired) electrons. The van der Waals surface area contributed by atoms with Gasteiger partial charge in [0, 0.05) is 6.54 Å². The molecule has 2 fully saturated rings. The Morgan fingerprint density at radius 3 is 2.82 bits per heavy atom. The van der Waals surface area contributed by atoms with Crippen molar-refractivity contribution in [2.24, 2.45) is 0 Å². The highest BCUT2D eigenvalue weighted by atomic mass is 32.2. The maximum atomic E-state index is 14.5. The molecule has 2 aliphatic rings. The predicted molar refractivity (Wildman–Crippen MR) is 82.0 cm³/mol. The highest BCUT2D eigenvalue weighted by molar-refractivity contribution is 7.89. The van der Waals surface area contributed by atoms with Gasteiger partial charge in [-0.15, -0.1) is 0 Å². The van der Waals surface area contributed by atoms with Crippen LogP contribution in [-0.2, 0) is 14.8 Å². The SMILES string of the molecule is CNS(=O)(=O)c1ccc(N2CCOC3CCCCC32)c(F)c1. The van der Waals surface area contributed by atoms with E-state index in [9.17, 15) is 12.8 Å². The van der Waals surface area contributed by atoms with Crippen molar-refractivity contribution in [2.45, 2.75) is 42.7 Å². The number of halogens is 1. The molecule has 1 aliphatic heterocycles. The van der Waals surface area contributed by atoms with E-state index in [-0.39, 0.29) is 17.0 Å². The molecule has 3 rings (SSSR count). The summed E-state index contributed by atoms with van der Waals surface area (Å²) in [6.07, 6.45) is 4.42. The van der Waals surface area contributed by atoms with Crippen LogP contribution in [0.3, 0.4) is 0 Å². The van der Waals surface area contributed by atoms with Crippen LogP contribution in [-0.4, -0.2) is 40.8 Å². The molecule has 1 aromatic carbocycles. The lowest BCUT2D eigenvalue weighted by molar-refractivity contribution is -0.00891. The maximum absolute atomic E-state index is 14.5. The van der Waals surface area contributed by atoms with Crippen molar-refractivity contribution in [1.82, 2.24) is 4.72 Å². The topological polar surface area (TPSA) is 58.6 Å². The first-order chi connectivity index (χ1) is 10.5. The summed E-state index contributed by atoms with van der Waals surface area (Å²) < 4.78 is 46.0. The Balaban J connectivity index is 1.91. The lowest BCUT2D eigenvalue weighted by atomic mass is 9.90. The zero-order valence-corrected chi connectivity index (χ0v) is 13.4. The van der Waals surface area contributed by atoms with Gasteiger partial charge in [-0.25, -0.2) is 17.5 Å². The zero-order chi connectivity index (χ0) is 15.7. The summed E-state index contributed by atoms with van der Waals surface area (Å²) in [4.78, 5) is 1.99.